The molecule has 0 spiro atoms. The van der Waals surface area contributed by atoms with Gasteiger partial charge >= 0.3 is 0 Å². The third kappa shape index (κ3) is 2.09. The number of para-hydroxylation sites is 1. The highest BCUT2D eigenvalue weighted by molar-refractivity contribution is 6.36. The molecule has 0 N–H and O–H groups in total. The van der Waals surface area contributed by atoms with E-state index in [1.54, 1.807) is 12.0 Å². The molecule has 0 unspecified atom stereocenters. The van der Waals surface area contributed by atoms with Crippen molar-refractivity contribution in [3.8, 4) is 5.75 Å². The minimum absolute atomic E-state index is 0.0242. The van der Waals surface area contributed by atoms with E-state index in [1.807, 2.05) is 67.7 Å². The Morgan fingerprint density at radius 3 is 2.42 bits per heavy atom. The quantitative estimate of drug-likeness (QED) is 0.657. The molecule has 4 rings (SSSR count). The lowest BCUT2D eigenvalue weighted by molar-refractivity contribution is -0.112. The van der Waals surface area contributed by atoms with Crippen molar-refractivity contribution in [2.24, 2.45) is 0 Å². The molecule has 0 fully saturated rings. The van der Waals surface area contributed by atoms with Crippen LogP contribution in [0.2, 0.25) is 0 Å². The molecule has 0 saturated carbocycles. The first-order valence-electron chi connectivity index (χ1n) is 7.85. The number of methoxy groups -OCH3 is 1. The van der Waals surface area contributed by atoms with Crippen molar-refractivity contribution >= 4 is 34.0 Å². The zero-order valence-corrected chi connectivity index (χ0v) is 13.6. The van der Waals surface area contributed by atoms with Crippen molar-refractivity contribution in [1.82, 2.24) is 0 Å². The highest BCUT2D eigenvalue weighted by Crippen LogP contribution is 2.38. The van der Waals surface area contributed by atoms with Gasteiger partial charge in [-0.3, -0.25) is 4.79 Å². The van der Waals surface area contributed by atoms with Gasteiger partial charge in [0.1, 0.15) is 5.75 Å². The van der Waals surface area contributed by atoms with Crippen LogP contribution in [0.25, 0.3) is 22.4 Å². The molecule has 118 valence electrons. The van der Waals surface area contributed by atoms with Crippen molar-refractivity contribution < 1.29 is 9.53 Å². The minimum atomic E-state index is 0.0242. The van der Waals surface area contributed by atoms with E-state index in [2.05, 4.69) is 6.07 Å². The first kappa shape index (κ1) is 14.5. The van der Waals surface area contributed by atoms with Gasteiger partial charge in [-0.2, -0.15) is 0 Å². The Kier molecular flexibility index (Phi) is 3.35. The third-order valence-corrected chi connectivity index (χ3v) is 4.53. The van der Waals surface area contributed by atoms with Gasteiger partial charge in [-0.1, -0.05) is 48.5 Å². The Balaban J connectivity index is 1.94. The third-order valence-electron chi connectivity index (χ3n) is 4.53. The highest BCUT2D eigenvalue weighted by Gasteiger charge is 2.29. The van der Waals surface area contributed by atoms with Crippen LogP contribution in [0.4, 0.5) is 5.69 Å². The summed E-state index contributed by atoms with van der Waals surface area (Å²) < 4.78 is 5.45. The van der Waals surface area contributed by atoms with Crippen molar-refractivity contribution in [2.45, 2.75) is 0 Å². The second-order valence-corrected chi connectivity index (χ2v) is 5.84. The summed E-state index contributed by atoms with van der Waals surface area (Å²) in [5.74, 6) is 0.860. The summed E-state index contributed by atoms with van der Waals surface area (Å²) in [6.45, 7) is 0. The van der Waals surface area contributed by atoms with Gasteiger partial charge in [0.2, 0.25) is 0 Å². The summed E-state index contributed by atoms with van der Waals surface area (Å²) in [5.41, 5.74) is 3.67. The molecule has 1 aliphatic heterocycles. The van der Waals surface area contributed by atoms with Gasteiger partial charge < -0.3 is 9.64 Å². The van der Waals surface area contributed by atoms with Crippen LogP contribution < -0.4 is 9.64 Å². The summed E-state index contributed by atoms with van der Waals surface area (Å²) in [6, 6.07) is 19.9. The molecular formula is C21H17NO2. The van der Waals surface area contributed by atoms with Crippen LogP contribution in [-0.2, 0) is 4.79 Å². The molecular weight excluding hydrogens is 298 g/mol. The lowest BCUT2D eigenvalue weighted by Gasteiger charge is -2.09. The lowest BCUT2D eigenvalue weighted by Crippen LogP contribution is -2.20. The summed E-state index contributed by atoms with van der Waals surface area (Å²) in [4.78, 5) is 14.4. The first-order valence-corrected chi connectivity index (χ1v) is 7.85. The molecule has 24 heavy (non-hydrogen) atoms. The van der Waals surface area contributed by atoms with E-state index in [0.29, 0.717) is 0 Å². The van der Waals surface area contributed by atoms with Gasteiger partial charge in [-0.15, -0.1) is 0 Å². The van der Waals surface area contributed by atoms with Crippen LogP contribution in [0, 0.1) is 0 Å². The lowest BCUT2D eigenvalue weighted by atomic mass is 9.99. The number of rotatable bonds is 2. The molecule has 0 saturated heterocycles. The van der Waals surface area contributed by atoms with E-state index < -0.39 is 0 Å². The molecule has 3 nitrogen and oxygen atoms in total. The number of fused-ring (bicyclic) bond motifs is 2. The van der Waals surface area contributed by atoms with E-state index in [-0.39, 0.29) is 5.91 Å². The first-order chi connectivity index (χ1) is 11.7. The number of hydrogen-bond acceptors (Lipinski definition) is 2. The number of hydrogen-bond donors (Lipinski definition) is 0. The predicted octanol–water partition coefficient (Wildman–Crippen LogP) is 4.37. The van der Waals surface area contributed by atoms with E-state index >= 15 is 0 Å². The summed E-state index contributed by atoms with van der Waals surface area (Å²) in [6.07, 6.45) is 1.98. The predicted molar refractivity (Wildman–Crippen MR) is 98.2 cm³/mol. The minimum Gasteiger partial charge on any atom is -0.496 e. The topological polar surface area (TPSA) is 29.5 Å². The highest BCUT2D eigenvalue weighted by atomic mass is 16.5. The maximum Gasteiger partial charge on any atom is 0.258 e. The Morgan fingerprint density at radius 1 is 0.917 bits per heavy atom. The van der Waals surface area contributed by atoms with E-state index in [4.69, 9.17) is 4.74 Å². The molecule has 0 atom stereocenters. The second kappa shape index (κ2) is 5.53. The van der Waals surface area contributed by atoms with Gasteiger partial charge in [-0.25, -0.2) is 0 Å². The molecule has 1 aliphatic rings. The van der Waals surface area contributed by atoms with Gasteiger partial charge in [0, 0.05) is 23.6 Å². The van der Waals surface area contributed by atoms with Crippen molar-refractivity contribution in [3.05, 3.63) is 71.8 Å². The fourth-order valence-electron chi connectivity index (χ4n) is 3.29. The van der Waals surface area contributed by atoms with Crippen molar-refractivity contribution in [2.75, 3.05) is 19.1 Å². The van der Waals surface area contributed by atoms with Crippen LogP contribution >= 0.6 is 0 Å². The Hall–Kier alpha value is -3.07. The van der Waals surface area contributed by atoms with E-state index in [1.165, 1.54) is 0 Å². The molecule has 0 aromatic heterocycles. The van der Waals surface area contributed by atoms with Crippen LogP contribution in [-0.4, -0.2) is 20.1 Å². The molecule has 3 aromatic carbocycles. The normalized spacial score (nSPS) is 15.2. The Labute approximate surface area is 140 Å². The number of amides is 1. The monoisotopic (exact) mass is 315 g/mol. The molecule has 1 heterocycles. The molecule has 3 heteroatoms. The smallest absolute Gasteiger partial charge is 0.258 e. The molecule has 0 aliphatic carbocycles. The zero-order valence-electron chi connectivity index (χ0n) is 13.6. The fraction of sp³-hybridized carbons (Fsp3) is 0.0952. The van der Waals surface area contributed by atoms with Gasteiger partial charge in [-0.05, 0) is 29.2 Å². The summed E-state index contributed by atoms with van der Waals surface area (Å²) >= 11 is 0. The number of benzene rings is 3. The fourth-order valence-corrected chi connectivity index (χ4v) is 3.29. The average molecular weight is 315 g/mol. The number of ether oxygens (including phenoxy) is 1. The van der Waals surface area contributed by atoms with Crippen LogP contribution in [0.5, 0.6) is 5.75 Å². The maximum atomic E-state index is 12.7. The largest absolute Gasteiger partial charge is 0.496 e. The Morgan fingerprint density at radius 2 is 1.62 bits per heavy atom. The van der Waals surface area contributed by atoms with Crippen molar-refractivity contribution in [3.63, 3.8) is 0 Å². The van der Waals surface area contributed by atoms with Crippen molar-refractivity contribution in [1.29, 1.82) is 0 Å². The van der Waals surface area contributed by atoms with E-state index in [0.717, 1.165) is 38.9 Å². The number of anilines is 1. The zero-order chi connectivity index (χ0) is 16.7. The van der Waals surface area contributed by atoms with Gasteiger partial charge in [0.05, 0.1) is 12.8 Å². The molecule has 0 bridgehead atoms. The number of carbonyl (C=O) groups excluding carboxylic acids is 1. The van der Waals surface area contributed by atoms with Crippen LogP contribution in [0.3, 0.4) is 0 Å². The standard InChI is InChI=1S/C21H17NO2/c1-22-19-10-6-5-8-16(19)18(21(22)23)13-14-11-12-20(24-2)17-9-4-3-7-15(14)17/h3-13H,1-2H3/b18-13+. The molecule has 0 radical (unpaired) electrons. The number of nitrogens with zero attached hydrogens (tertiary/aromatic N) is 1. The SMILES string of the molecule is COc1ccc(/C=C2/C(=O)N(C)c3ccccc32)c2ccccc12. The molecule has 3 aromatic rings. The number of likely N-dealkylation sites (N-methyl/N-ethyl adjacent to an activating group) is 1. The van der Waals surface area contributed by atoms with Gasteiger partial charge in [0.15, 0.2) is 0 Å². The molecule has 1 amide bonds. The van der Waals surface area contributed by atoms with E-state index in [9.17, 15) is 4.79 Å². The van der Waals surface area contributed by atoms with Gasteiger partial charge in [0.25, 0.3) is 5.91 Å². The average Bonchev–Trinajstić information content (AvgIpc) is 2.87. The number of carbonyl (C=O) groups is 1. The maximum absolute atomic E-state index is 12.7. The van der Waals surface area contributed by atoms with Crippen LogP contribution in [0.15, 0.2) is 60.7 Å². The summed E-state index contributed by atoms with van der Waals surface area (Å²) in [7, 11) is 3.49. The Bertz CT molecular complexity index is 988. The summed E-state index contributed by atoms with van der Waals surface area (Å²) in [5, 5.41) is 2.12. The second-order valence-electron chi connectivity index (χ2n) is 5.84. The van der Waals surface area contributed by atoms with Crippen LogP contribution in [0.1, 0.15) is 11.1 Å².